The van der Waals surface area contributed by atoms with E-state index in [9.17, 15) is 9.59 Å². The van der Waals surface area contributed by atoms with Crippen molar-refractivity contribution in [2.75, 3.05) is 25.6 Å². The minimum Gasteiger partial charge on any atom is -0.495 e. The van der Waals surface area contributed by atoms with Gasteiger partial charge in [-0.1, -0.05) is 19.1 Å². The summed E-state index contributed by atoms with van der Waals surface area (Å²) in [4.78, 5) is 23.7. The number of hydrogen-bond acceptors (Lipinski definition) is 5. The molecule has 132 valence electrons. The smallest absolute Gasteiger partial charge is 0.344 e. The number of nitrogens with one attached hydrogen (secondary N) is 1. The lowest BCUT2D eigenvalue weighted by Gasteiger charge is -2.10. The Balaban J connectivity index is 1.92. The van der Waals surface area contributed by atoms with Gasteiger partial charge in [0.05, 0.1) is 19.4 Å². The van der Waals surface area contributed by atoms with E-state index in [-0.39, 0.29) is 12.5 Å². The Labute approximate surface area is 146 Å². The summed E-state index contributed by atoms with van der Waals surface area (Å²) in [6.07, 6.45) is 0.766. The molecule has 0 spiro atoms. The topological polar surface area (TPSA) is 73.9 Å². The maximum absolute atomic E-state index is 12.3. The minimum atomic E-state index is -0.417. The number of esters is 1. The lowest BCUT2D eigenvalue weighted by molar-refractivity contribution is -0.146. The Morgan fingerprint density at radius 2 is 1.76 bits per heavy atom. The van der Waals surface area contributed by atoms with Gasteiger partial charge >= 0.3 is 5.97 Å². The van der Waals surface area contributed by atoms with Crippen molar-refractivity contribution in [2.24, 2.45) is 0 Å². The van der Waals surface area contributed by atoms with E-state index in [4.69, 9.17) is 14.2 Å². The molecular weight excluding hydrogens is 322 g/mol. The van der Waals surface area contributed by atoms with Crippen LogP contribution >= 0.6 is 0 Å². The van der Waals surface area contributed by atoms with Gasteiger partial charge in [0.2, 0.25) is 0 Å². The Hall–Kier alpha value is -3.02. The lowest BCUT2D eigenvalue weighted by atomic mass is 10.2. The number of ether oxygens (including phenoxy) is 3. The van der Waals surface area contributed by atoms with Gasteiger partial charge in [0.15, 0.2) is 6.61 Å². The highest BCUT2D eigenvalue weighted by atomic mass is 16.6. The van der Waals surface area contributed by atoms with Crippen LogP contribution in [0.5, 0.6) is 11.5 Å². The molecule has 25 heavy (non-hydrogen) atoms. The number of anilines is 1. The van der Waals surface area contributed by atoms with Crippen LogP contribution < -0.4 is 14.8 Å². The van der Waals surface area contributed by atoms with Gasteiger partial charge in [-0.25, -0.2) is 4.79 Å². The fourth-order valence-corrected chi connectivity index (χ4v) is 2.04. The molecule has 0 saturated carbocycles. The van der Waals surface area contributed by atoms with Crippen molar-refractivity contribution in [3.63, 3.8) is 0 Å². The molecule has 0 radical (unpaired) electrons. The highest BCUT2D eigenvalue weighted by Gasteiger charge is 2.10. The van der Waals surface area contributed by atoms with E-state index in [2.05, 4.69) is 5.32 Å². The molecule has 2 rings (SSSR count). The van der Waals surface area contributed by atoms with E-state index < -0.39 is 5.97 Å². The normalized spacial score (nSPS) is 10.0. The Morgan fingerprint density at radius 3 is 2.44 bits per heavy atom. The number of carbonyl (C=O) groups excluding carboxylic acids is 2. The third-order valence-corrected chi connectivity index (χ3v) is 3.30. The summed E-state index contributed by atoms with van der Waals surface area (Å²) >= 11 is 0. The molecule has 2 aromatic rings. The number of hydrogen-bond donors (Lipinski definition) is 1. The summed E-state index contributed by atoms with van der Waals surface area (Å²) in [5, 5.41) is 2.79. The van der Waals surface area contributed by atoms with Gasteiger partial charge in [-0.3, -0.25) is 4.79 Å². The molecule has 0 heterocycles. The van der Waals surface area contributed by atoms with Crippen molar-refractivity contribution in [1.29, 1.82) is 0 Å². The predicted octanol–water partition coefficient (Wildman–Crippen LogP) is 3.28. The van der Waals surface area contributed by atoms with Crippen molar-refractivity contribution in [1.82, 2.24) is 0 Å². The van der Waals surface area contributed by atoms with Gasteiger partial charge in [0, 0.05) is 5.56 Å². The van der Waals surface area contributed by atoms with Crippen LogP contribution in [0.15, 0.2) is 48.5 Å². The van der Waals surface area contributed by atoms with E-state index in [1.165, 1.54) is 0 Å². The summed E-state index contributed by atoms with van der Waals surface area (Å²) in [6, 6.07) is 13.7. The maximum Gasteiger partial charge on any atom is 0.344 e. The summed E-state index contributed by atoms with van der Waals surface area (Å²) in [6.45, 7) is 2.14. The van der Waals surface area contributed by atoms with Crippen molar-refractivity contribution < 1.29 is 23.8 Å². The Morgan fingerprint density at radius 1 is 1.04 bits per heavy atom. The van der Waals surface area contributed by atoms with Crippen molar-refractivity contribution in [3.8, 4) is 11.5 Å². The van der Waals surface area contributed by atoms with Gasteiger partial charge in [0.1, 0.15) is 11.5 Å². The minimum absolute atomic E-state index is 0.160. The van der Waals surface area contributed by atoms with Crippen molar-refractivity contribution in [3.05, 3.63) is 54.1 Å². The van der Waals surface area contributed by atoms with Crippen LogP contribution in [0.4, 0.5) is 5.69 Å². The second kappa shape index (κ2) is 9.32. The van der Waals surface area contributed by atoms with Crippen molar-refractivity contribution in [2.45, 2.75) is 13.3 Å². The summed E-state index contributed by atoms with van der Waals surface area (Å²) in [5.41, 5.74) is 1.06. The molecule has 0 unspecified atom stereocenters. The Bertz CT molecular complexity index is 712. The molecule has 6 nitrogen and oxygen atoms in total. The first-order valence-electron chi connectivity index (χ1n) is 7.97. The Kier molecular flexibility index (Phi) is 6.83. The van der Waals surface area contributed by atoms with Crippen molar-refractivity contribution >= 4 is 17.6 Å². The van der Waals surface area contributed by atoms with Crippen LogP contribution in [0.1, 0.15) is 23.7 Å². The first-order chi connectivity index (χ1) is 12.1. The van der Waals surface area contributed by atoms with E-state index in [1.54, 1.807) is 43.5 Å². The zero-order chi connectivity index (χ0) is 18.1. The first-order valence-corrected chi connectivity index (χ1v) is 7.97. The van der Waals surface area contributed by atoms with Crippen LogP contribution in [-0.2, 0) is 9.53 Å². The zero-order valence-corrected chi connectivity index (χ0v) is 14.3. The molecule has 2 aromatic carbocycles. The molecule has 0 aromatic heterocycles. The third-order valence-electron chi connectivity index (χ3n) is 3.30. The number of carbonyl (C=O) groups is 2. The van der Waals surface area contributed by atoms with Gasteiger partial charge in [0.25, 0.3) is 5.91 Å². The monoisotopic (exact) mass is 343 g/mol. The average molecular weight is 343 g/mol. The van der Waals surface area contributed by atoms with Crippen LogP contribution in [-0.4, -0.2) is 32.2 Å². The molecule has 0 fully saturated rings. The van der Waals surface area contributed by atoms with Crippen LogP contribution in [0.25, 0.3) is 0 Å². The molecule has 1 N–H and O–H groups in total. The van der Waals surface area contributed by atoms with Gasteiger partial charge in [-0.15, -0.1) is 0 Å². The molecule has 1 amide bonds. The number of rotatable bonds is 8. The molecule has 0 aliphatic rings. The van der Waals surface area contributed by atoms with E-state index >= 15 is 0 Å². The quantitative estimate of drug-likeness (QED) is 0.745. The summed E-state index contributed by atoms with van der Waals surface area (Å²) < 4.78 is 15.5. The fourth-order valence-electron chi connectivity index (χ4n) is 2.04. The molecule has 0 aliphatic heterocycles. The van der Waals surface area contributed by atoms with Gasteiger partial charge in [-0.05, 0) is 42.8 Å². The van der Waals surface area contributed by atoms with Crippen LogP contribution in [0, 0.1) is 0 Å². The summed E-state index contributed by atoms with van der Waals surface area (Å²) in [7, 11) is 1.54. The van der Waals surface area contributed by atoms with Crippen LogP contribution in [0.2, 0.25) is 0 Å². The maximum atomic E-state index is 12.3. The van der Waals surface area contributed by atoms with E-state index in [0.29, 0.717) is 29.4 Å². The number of amides is 1. The highest BCUT2D eigenvalue weighted by molar-refractivity contribution is 6.05. The molecular formula is C19H21NO5. The fraction of sp³-hybridized carbons (Fsp3) is 0.263. The first kappa shape index (κ1) is 18.3. The second-order valence-corrected chi connectivity index (χ2v) is 5.19. The second-order valence-electron chi connectivity index (χ2n) is 5.19. The van der Waals surface area contributed by atoms with E-state index in [1.807, 2.05) is 19.1 Å². The largest absolute Gasteiger partial charge is 0.495 e. The number of methoxy groups -OCH3 is 1. The predicted molar refractivity (Wildman–Crippen MR) is 94.1 cm³/mol. The number of benzene rings is 2. The molecule has 0 bridgehead atoms. The third kappa shape index (κ3) is 5.53. The standard InChI is InChI=1S/C19H21NO5/c1-3-12-24-18(21)13-25-15-10-8-14(9-11-15)19(22)20-16-6-4-5-7-17(16)23-2/h4-11H,3,12-13H2,1-2H3,(H,20,22). The average Bonchev–Trinajstić information content (AvgIpc) is 2.65. The SMILES string of the molecule is CCCOC(=O)COc1ccc(C(=O)Nc2ccccc2OC)cc1. The van der Waals surface area contributed by atoms with Gasteiger partial charge in [-0.2, -0.15) is 0 Å². The summed E-state index contributed by atoms with van der Waals surface area (Å²) in [5.74, 6) is 0.391. The van der Waals surface area contributed by atoms with Crippen LogP contribution in [0.3, 0.4) is 0 Å². The van der Waals surface area contributed by atoms with E-state index in [0.717, 1.165) is 6.42 Å². The number of para-hydroxylation sites is 2. The van der Waals surface area contributed by atoms with Gasteiger partial charge < -0.3 is 19.5 Å². The molecule has 6 heteroatoms. The lowest BCUT2D eigenvalue weighted by Crippen LogP contribution is -2.15. The zero-order valence-electron chi connectivity index (χ0n) is 14.3. The molecule has 0 aliphatic carbocycles. The molecule has 0 saturated heterocycles. The molecule has 0 atom stereocenters. The highest BCUT2D eigenvalue weighted by Crippen LogP contribution is 2.24.